The van der Waals surface area contributed by atoms with Crippen molar-refractivity contribution in [3.8, 4) is 5.75 Å². The highest BCUT2D eigenvalue weighted by atomic mass is 16.5. The Labute approximate surface area is 147 Å². The highest BCUT2D eigenvalue weighted by molar-refractivity contribution is 5.92. The highest BCUT2D eigenvalue weighted by Crippen LogP contribution is 2.29. The van der Waals surface area contributed by atoms with Crippen molar-refractivity contribution in [1.82, 2.24) is 5.32 Å². The van der Waals surface area contributed by atoms with Gasteiger partial charge in [-0.15, -0.1) is 0 Å². The van der Waals surface area contributed by atoms with E-state index in [-0.39, 0.29) is 17.9 Å². The zero-order valence-electron chi connectivity index (χ0n) is 14.7. The van der Waals surface area contributed by atoms with E-state index in [4.69, 9.17) is 19.4 Å². The van der Waals surface area contributed by atoms with Gasteiger partial charge < -0.3 is 25.2 Å². The van der Waals surface area contributed by atoms with Crippen LogP contribution in [-0.2, 0) is 14.3 Å². The number of rotatable bonds is 3. The lowest BCUT2D eigenvalue weighted by atomic mass is 9.82. The number of carboxylic acids is 1. The van der Waals surface area contributed by atoms with Gasteiger partial charge in [-0.05, 0) is 31.4 Å². The molecule has 1 aliphatic carbocycles. The fourth-order valence-corrected chi connectivity index (χ4v) is 3.19. The average Bonchev–Trinajstić information content (AvgIpc) is 2.61. The number of benzene rings is 1. The topological polar surface area (TPSA) is 96.9 Å². The third-order valence-corrected chi connectivity index (χ3v) is 4.34. The number of carbonyl (C=O) groups excluding carboxylic acids is 1. The van der Waals surface area contributed by atoms with Crippen LogP contribution in [0.15, 0.2) is 24.3 Å². The number of carboxylic acid groups (broad SMARTS) is 1. The first-order chi connectivity index (χ1) is 12.0. The Kier molecular flexibility index (Phi) is 7.21. The zero-order chi connectivity index (χ0) is 18.2. The Balaban J connectivity index is 0.000000511. The van der Waals surface area contributed by atoms with E-state index in [9.17, 15) is 4.79 Å². The van der Waals surface area contributed by atoms with E-state index >= 15 is 0 Å². The third-order valence-electron chi connectivity index (χ3n) is 4.34. The van der Waals surface area contributed by atoms with Crippen LogP contribution >= 0.6 is 0 Å². The molecule has 0 spiro atoms. The van der Waals surface area contributed by atoms with Gasteiger partial charge in [-0.25, -0.2) is 0 Å². The summed E-state index contributed by atoms with van der Waals surface area (Å²) in [5.41, 5.74) is 0.786. The summed E-state index contributed by atoms with van der Waals surface area (Å²) in [7, 11) is 1.62. The highest BCUT2D eigenvalue weighted by Gasteiger charge is 2.35. The number of ether oxygens (including phenoxy) is 2. The number of methoxy groups -OCH3 is 1. The fourth-order valence-electron chi connectivity index (χ4n) is 3.19. The van der Waals surface area contributed by atoms with Crippen LogP contribution in [0.25, 0.3) is 0 Å². The Morgan fingerprint density at radius 2 is 2.12 bits per heavy atom. The SMILES string of the molecule is CC(=O)O.COc1cccc(NC(=O)[C@H]2CC[C@H]3OCCN[C@@H]3C2)c1. The molecule has 0 aromatic heterocycles. The summed E-state index contributed by atoms with van der Waals surface area (Å²) in [6, 6.07) is 7.78. The first kappa shape index (κ1) is 19.2. The number of nitrogens with one attached hydrogen (secondary N) is 2. The summed E-state index contributed by atoms with van der Waals surface area (Å²) in [5.74, 6) is 0.0552. The van der Waals surface area contributed by atoms with Gasteiger partial charge in [0.25, 0.3) is 5.97 Å². The minimum absolute atomic E-state index is 0.0478. The molecule has 0 unspecified atom stereocenters. The molecule has 1 aromatic carbocycles. The molecule has 1 saturated carbocycles. The molecule has 25 heavy (non-hydrogen) atoms. The van der Waals surface area contributed by atoms with Crippen LogP contribution in [0, 0.1) is 5.92 Å². The number of amides is 1. The van der Waals surface area contributed by atoms with Gasteiger partial charge in [-0.2, -0.15) is 0 Å². The summed E-state index contributed by atoms with van der Waals surface area (Å²) in [6.45, 7) is 2.74. The molecule has 1 amide bonds. The molecular weight excluding hydrogens is 324 g/mol. The van der Waals surface area contributed by atoms with E-state index in [0.717, 1.165) is 50.8 Å². The van der Waals surface area contributed by atoms with Crippen LogP contribution in [-0.4, -0.2) is 49.4 Å². The van der Waals surface area contributed by atoms with Crippen molar-refractivity contribution in [2.24, 2.45) is 5.92 Å². The maximum atomic E-state index is 12.4. The van der Waals surface area contributed by atoms with Crippen LogP contribution in [0.4, 0.5) is 5.69 Å². The Morgan fingerprint density at radius 3 is 2.84 bits per heavy atom. The molecule has 1 aromatic rings. The van der Waals surface area contributed by atoms with Crippen LogP contribution in [0.2, 0.25) is 0 Å². The van der Waals surface area contributed by atoms with Crippen molar-refractivity contribution < 1.29 is 24.2 Å². The molecule has 3 rings (SSSR count). The van der Waals surface area contributed by atoms with E-state index < -0.39 is 5.97 Å². The number of carbonyl (C=O) groups is 2. The van der Waals surface area contributed by atoms with Crippen molar-refractivity contribution in [1.29, 1.82) is 0 Å². The largest absolute Gasteiger partial charge is 0.497 e. The van der Waals surface area contributed by atoms with Crippen LogP contribution < -0.4 is 15.4 Å². The lowest BCUT2D eigenvalue weighted by molar-refractivity contribution is -0.134. The molecule has 138 valence electrons. The van der Waals surface area contributed by atoms with E-state index in [0.29, 0.717) is 6.04 Å². The van der Waals surface area contributed by atoms with E-state index in [2.05, 4.69) is 10.6 Å². The van der Waals surface area contributed by atoms with Crippen molar-refractivity contribution in [3.63, 3.8) is 0 Å². The number of aliphatic carboxylic acids is 1. The van der Waals surface area contributed by atoms with Crippen molar-refractivity contribution in [2.45, 2.75) is 38.3 Å². The summed E-state index contributed by atoms with van der Waals surface area (Å²) >= 11 is 0. The van der Waals surface area contributed by atoms with Crippen LogP contribution in [0.1, 0.15) is 26.2 Å². The molecule has 3 N–H and O–H groups in total. The third kappa shape index (κ3) is 6.03. The molecule has 0 radical (unpaired) electrons. The lowest BCUT2D eigenvalue weighted by Gasteiger charge is -2.39. The predicted octanol–water partition coefficient (Wildman–Crippen LogP) is 1.88. The summed E-state index contributed by atoms with van der Waals surface area (Å²) in [4.78, 5) is 21.4. The monoisotopic (exact) mass is 350 g/mol. The van der Waals surface area contributed by atoms with E-state index in [1.807, 2.05) is 24.3 Å². The average molecular weight is 350 g/mol. The van der Waals surface area contributed by atoms with Gasteiger partial charge in [0.2, 0.25) is 5.91 Å². The number of fused-ring (bicyclic) bond motifs is 1. The molecule has 1 saturated heterocycles. The second-order valence-corrected chi connectivity index (χ2v) is 6.22. The van der Waals surface area contributed by atoms with Crippen LogP contribution in [0.5, 0.6) is 5.75 Å². The van der Waals surface area contributed by atoms with Gasteiger partial charge in [0, 0.05) is 37.2 Å². The minimum Gasteiger partial charge on any atom is -0.497 e. The standard InChI is InChI=1S/C16H22N2O3.C2H4O2/c1-20-13-4-2-3-12(10-13)18-16(19)11-5-6-15-14(9-11)17-7-8-21-15;1-2(3)4/h2-4,10-11,14-15,17H,5-9H2,1H3,(H,18,19);1H3,(H,3,4)/t11-,14+,15+;/m0./s1. The molecule has 7 heteroatoms. The Morgan fingerprint density at radius 1 is 1.36 bits per heavy atom. The Bertz CT molecular complexity index is 589. The summed E-state index contributed by atoms with van der Waals surface area (Å²) < 4.78 is 10.9. The summed E-state index contributed by atoms with van der Waals surface area (Å²) in [5, 5.41) is 13.9. The molecule has 1 heterocycles. The second kappa shape index (κ2) is 9.39. The van der Waals surface area contributed by atoms with Gasteiger partial charge in [0.05, 0.1) is 19.8 Å². The summed E-state index contributed by atoms with van der Waals surface area (Å²) in [6.07, 6.45) is 2.96. The number of anilines is 1. The maximum Gasteiger partial charge on any atom is 0.300 e. The van der Waals surface area contributed by atoms with Gasteiger partial charge in [0.1, 0.15) is 5.75 Å². The van der Waals surface area contributed by atoms with Crippen LogP contribution in [0.3, 0.4) is 0 Å². The van der Waals surface area contributed by atoms with E-state index in [1.165, 1.54) is 0 Å². The minimum atomic E-state index is -0.833. The van der Waals surface area contributed by atoms with Gasteiger partial charge in [-0.1, -0.05) is 6.07 Å². The van der Waals surface area contributed by atoms with Gasteiger partial charge >= 0.3 is 0 Å². The molecule has 0 bridgehead atoms. The molecule has 7 nitrogen and oxygen atoms in total. The number of morpholine rings is 1. The normalized spacial score (nSPS) is 25.0. The first-order valence-corrected chi connectivity index (χ1v) is 8.49. The smallest absolute Gasteiger partial charge is 0.300 e. The molecule has 2 fully saturated rings. The maximum absolute atomic E-state index is 12.4. The molecule has 2 aliphatic rings. The quantitative estimate of drug-likeness (QED) is 0.770. The fraction of sp³-hybridized carbons (Fsp3) is 0.556. The molecule has 1 aliphatic heterocycles. The lowest BCUT2D eigenvalue weighted by Crippen LogP contribution is -2.52. The molecule has 3 atom stereocenters. The first-order valence-electron chi connectivity index (χ1n) is 8.49. The Hall–Kier alpha value is -2.12. The van der Waals surface area contributed by atoms with Crippen molar-refractivity contribution in [2.75, 3.05) is 25.6 Å². The van der Waals surface area contributed by atoms with Gasteiger partial charge in [0.15, 0.2) is 0 Å². The van der Waals surface area contributed by atoms with Gasteiger partial charge in [-0.3, -0.25) is 9.59 Å². The van der Waals surface area contributed by atoms with Crippen molar-refractivity contribution in [3.05, 3.63) is 24.3 Å². The molecular formula is C18H26N2O5. The number of hydrogen-bond donors (Lipinski definition) is 3. The number of hydrogen-bond acceptors (Lipinski definition) is 5. The van der Waals surface area contributed by atoms with Crippen molar-refractivity contribution >= 4 is 17.6 Å². The second-order valence-electron chi connectivity index (χ2n) is 6.22. The predicted molar refractivity (Wildman–Crippen MR) is 93.8 cm³/mol. The zero-order valence-corrected chi connectivity index (χ0v) is 14.7. The van der Waals surface area contributed by atoms with E-state index in [1.54, 1.807) is 7.11 Å².